The Hall–Kier alpha value is 31.2. The van der Waals surface area contributed by atoms with Gasteiger partial charge in [-0.15, -0.1) is 0 Å². The van der Waals surface area contributed by atoms with Gasteiger partial charge in [-0.05, 0) is 0 Å². The minimum absolute atomic E-state index is 0. The molecule has 0 aromatic carbocycles. The first-order chi connectivity index (χ1) is 0. The Morgan fingerprint density at radius 2 is 0.0667 bits per heavy atom. The molecule has 0 rings (SSSR count). The van der Waals surface area contributed by atoms with E-state index in [1.807, 2.05) is 0 Å². The standard InChI is InChI=1S/20Au.10K.10H. The first-order valence-electron chi connectivity index (χ1n) is 0. The molecule has 0 aliphatic carbocycles. The summed E-state index contributed by atoms with van der Waals surface area (Å²) in [6.45, 7) is 0. The van der Waals surface area contributed by atoms with Gasteiger partial charge in [-0.3, -0.25) is 0 Å². The summed E-state index contributed by atoms with van der Waals surface area (Å²) in [7, 11) is 0. The molecular formula is H10Au20K10. The van der Waals surface area contributed by atoms with Gasteiger partial charge in [-0.25, -0.2) is 0 Å². The van der Waals surface area contributed by atoms with Gasteiger partial charge in [0.15, 0.2) is 0 Å². The van der Waals surface area contributed by atoms with Crippen molar-refractivity contribution in [1.82, 2.24) is 0 Å². The third-order valence-corrected chi connectivity index (χ3v) is 0. The molecule has 0 saturated carbocycles. The fraction of sp³-hybridized carbons (Fsp3) is 0. The van der Waals surface area contributed by atoms with Crippen molar-refractivity contribution in [2.45, 2.75) is 0 Å². The van der Waals surface area contributed by atoms with E-state index < -0.39 is 0 Å². The number of rotatable bonds is 0. The third-order valence-electron chi connectivity index (χ3n) is 0. The van der Waals surface area contributed by atoms with Gasteiger partial charge in [0.1, 0.15) is 0 Å². The van der Waals surface area contributed by atoms with E-state index in [1.54, 1.807) is 0 Å². The van der Waals surface area contributed by atoms with E-state index in [1.165, 1.54) is 0 Å². The van der Waals surface area contributed by atoms with E-state index in [9.17, 15) is 0 Å². The molecule has 0 nitrogen and oxygen atoms in total. The van der Waals surface area contributed by atoms with Crippen molar-refractivity contribution in [2.75, 3.05) is 0 Å². The zero-order chi connectivity index (χ0) is 0. The van der Waals surface area contributed by atoms with Crippen LogP contribution in [0.1, 0.15) is 0 Å². The molecule has 0 aliphatic heterocycles. The summed E-state index contributed by atoms with van der Waals surface area (Å²) in [6, 6.07) is 0. The average molecular weight is 4340 g/mol. The fourth-order valence-electron chi connectivity index (χ4n) is 0. The van der Waals surface area contributed by atoms with Gasteiger partial charge in [0.05, 0.1) is 0 Å². The monoisotopic (exact) mass is 4340 g/mol. The second-order valence-corrected chi connectivity index (χ2v) is 0. The van der Waals surface area contributed by atoms with Crippen LogP contribution in [0.3, 0.4) is 0 Å². The molecule has 30 heavy (non-hydrogen) atoms. The van der Waals surface area contributed by atoms with E-state index in [0.717, 1.165) is 0 Å². The van der Waals surface area contributed by atoms with Crippen molar-refractivity contribution < 1.29 is 448 Å². The van der Waals surface area contributed by atoms with E-state index in [4.69, 9.17) is 0 Å². The van der Waals surface area contributed by atoms with Gasteiger partial charge in [0, 0.05) is 448 Å². The van der Waals surface area contributed by atoms with Crippen molar-refractivity contribution in [2.24, 2.45) is 0 Å². The molecule has 0 atom stereocenters. The fourth-order valence-corrected chi connectivity index (χ4v) is 0. The third kappa shape index (κ3) is 206. The van der Waals surface area contributed by atoms with Crippen LogP contribution in [0.25, 0.3) is 0 Å². The average Bonchev–Trinajstić information content (AvgIpc) is 0. The molecule has 0 aromatic rings. The zero-order valence-corrected chi connectivity index (χ0v) is 49.4. The van der Waals surface area contributed by atoms with Gasteiger partial charge in [-0.2, -0.15) is 0 Å². The molecule has 0 heterocycles. The Morgan fingerprint density at radius 3 is 0.0667 bits per heavy atom. The van der Waals surface area contributed by atoms with Gasteiger partial charge in [-0.1, -0.05) is 0 Å². The molecule has 0 fully saturated rings. The van der Waals surface area contributed by atoms with Gasteiger partial charge < -0.3 is 0 Å². The first kappa shape index (κ1) is 228. The van der Waals surface area contributed by atoms with Crippen LogP contribution in [0.2, 0.25) is 0 Å². The second kappa shape index (κ2) is 217. The Morgan fingerprint density at radius 1 is 0.0667 bits per heavy atom. The van der Waals surface area contributed by atoms with E-state index in [2.05, 4.69) is 0 Å². The van der Waals surface area contributed by atoms with Gasteiger partial charge in [0.2, 0.25) is 0 Å². The molecule has 0 bridgehead atoms. The first-order valence-corrected chi connectivity index (χ1v) is 0. The zero-order valence-electron chi connectivity index (χ0n) is 6.03. The molecule has 0 N–H and O–H groups in total. The van der Waals surface area contributed by atoms with Crippen LogP contribution in [0, 0.1) is 0 Å². The Balaban J connectivity index is 0. The van der Waals surface area contributed by atoms with Crippen molar-refractivity contribution in [3.63, 3.8) is 0 Å². The molecule has 0 amide bonds. The molecule has 0 saturated heterocycles. The molecule has 30 heteroatoms. The predicted molar refractivity (Wildman–Crippen MR) is 71.5 cm³/mol. The maximum atomic E-state index is 0. The van der Waals surface area contributed by atoms with Crippen molar-refractivity contribution >= 4 is 514 Å². The summed E-state index contributed by atoms with van der Waals surface area (Å²) in [5.41, 5.74) is 0. The molecule has 0 unspecified atom stereocenters. The Kier molecular flexibility index (Phi) is 1650. The number of hydrogen-bond donors (Lipinski definition) is 0. The second-order valence-electron chi connectivity index (χ2n) is 0. The van der Waals surface area contributed by atoms with Crippen molar-refractivity contribution in [3.05, 3.63) is 0 Å². The summed E-state index contributed by atoms with van der Waals surface area (Å²) in [4.78, 5) is 0. The normalized spacial score (nSPS) is 0. The minimum atomic E-state index is 0. The molecule has 240 valence electrons. The summed E-state index contributed by atoms with van der Waals surface area (Å²) < 4.78 is 0. The van der Waals surface area contributed by atoms with Crippen LogP contribution in [0.5, 0.6) is 0 Å². The van der Waals surface area contributed by atoms with Crippen molar-refractivity contribution in [3.8, 4) is 0 Å². The Labute approximate surface area is 923 Å². The summed E-state index contributed by atoms with van der Waals surface area (Å²) in [5, 5.41) is 0. The summed E-state index contributed by atoms with van der Waals surface area (Å²) in [5.74, 6) is 0. The molecule has 0 aliphatic rings. The van der Waals surface area contributed by atoms with Crippen LogP contribution >= 0.6 is 0 Å². The molecule has 0 spiro atoms. The predicted octanol–water partition coefficient (Wildman–Crippen LogP) is -6.53. The van der Waals surface area contributed by atoms with Crippen LogP contribution in [-0.4, -0.2) is 514 Å². The quantitative estimate of drug-likeness (QED) is 0.212. The van der Waals surface area contributed by atoms with Crippen LogP contribution < -0.4 is 0 Å². The van der Waals surface area contributed by atoms with Gasteiger partial charge >= 0.3 is 514 Å². The molecule has 0 aromatic heterocycles. The Bertz CT molecular complexity index is 27.5. The molecule has 20 radical (unpaired) electrons. The van der Waals surface area contributed by atoms with E-state index in [0.29, 0.717) is 0 Å². The summed E-state index contributed by atoms with van der Waals surface area (Å²) >= 11 is 0. The van der Waals surface area contributed by atoms with E-state index in [-0.39, 0.29) is 961 Å². The van der Waals surface area contributed by atoms with Gasteiger partial charge in [0.25, 0.3) is 0 Å². The van der Waals surface area contributed by atoms with Crippen molar-refractivity contribution in [1.29, 1.82) is 0 Å². The van der Waals surface area contributed by atoms with E-state index >= 15 is 0 Å². The van der Waals surface area contributed by atoms with Crippen LogP contribution in [-0.2, 0) is 448 Å². The maximum absolute atomic E-state index is 0. The SMILES string of the molecule is [Au].[Au].[Au].[Au].[Au].[Au].[Au].[Au].[Au].[Au].[Au].[Au].[Au].[Au].[Au].[Au].[Au].[Au].[Au].[Au].[KH].[KH].[KH].[KH].[KH].[KH].[KH].[KH].[KH].[KH]. The molecular weight excluding hydrogens is 4330 g/mol. The number of hydrogen-bond acceptors (Lipinski definition) is 0. The topological polar surface area (TPSA) is 0 Å². The van der Waals surface area contributed by atoms with Crippen LogP contribution in [0.15, 0.2) is 0 Å². The van der Waals surface area contributed by atoms with Crippen LogP contribution in [0.4, 0.5) is 0 Å². The summed E-state index contributed by atoms with van der Waals surface area (Å²) in [6.07, 6.45) is 0.